The van der Waals surface area contributed by atoms with Crippen molar-refractivity contribution >= 4 is 39.1 Å². The van der Waals surface area contributed by atoms with E-state index >= 15 is 0 Å². The fraction of sp³-hybridized carbons (Fsp3) is 0.571. The Balaban J connectivity index is 1.91. The van der Waals surface area contributed by atoms with Crippen LogP contribution in [0.1, 0.15) is 15.2 Å². The Bertz CT molecular complexity index is 517. The van der Waals surface area contributed by atoms with Crippen molar-refractivity contribution in [2.75, 3.05) is 46.8 Å². The first-order valence-electron chi connectivity index (χ1n) is 6.86. The summed E-state index contributed by atoms with van der Waals surface area (Å²) in [5.74, 6) is 0.190. The molecular formula is C14H20BrN3O2S. The van der Waals surface area contributed by atoms with Crippen molar-refractivity contribution in [3.63, 3.8) is 0 Å². The van der Waals surface area contributed by atoms with Crippen molar-refractivity contribution in [3.8, 4) is 0 Å². The maximum absolute atomic E-state index is 12.4. The van der Waals surface area contributed by atoms with E-state index < -0.39 is 0 Å². The van der Waals surface area contributed by atoms with Crippen molar-refractivity contribution in [2.24, 2.45) is 0 Å². The molecule has 1 aromatic rings. The van der Waals surface area contributed by atoms with E-state index in [9.17, 15) is 9.59 Å². The van der Waals surface area contributed by atoms with Gasteiger partial charge in [-0.25, -0.2) is 0 Å². The lowest BCUT2D eigenvalue weighted by Gasteiger charge is -2.35. The van der Waals surface area contributed by atoms with E-state index in [0.29, 0.717) is 32.7 Å². The second-order valence-electron chi connectivity index (χ2n) is 5.48. The number of nitrogens with zero attached hydrogens (tertiary/aromatic N) is 3. The zero-order chi connectivity index (χ0) is 15.6. The molecule has 0 N–H and O–H groups in total. The van der Waals surface area contributed by atoms with Gasteiger partial charge in [-0.05, 0) is 48.6 Å². The minimum Gasteiger partial charge on any atom is -0.338 e. The molecule has 0 atom stereocenters. The molecule has 5 nitrogen and oxygen atoms in total. The Morgan fingerprint density at radius 2 is 1.81 bits per heavy atom. The quantitative estimate of drug-likeness (QED) is 0.809. The molecule has 116 valence electrons. The topological polar surface area (TPSA) is 43.9 Å². The summed E-state index contributed by atoms with van der Waals surface area (Å²) < 4.78 is 1.01. The normalized spacial score (nSPS) is 15.7. The molecule has 2 amide bonds. The molecule has 2 heterocycles. The van der Waals surface area contributed by atoms with Gasteiger partial charge >= 0.3 is 0 Å². The Morgan fingerprint density at radius 3 is 2.29 bits per heavy atom. The van der Waals surface area contributed by atoms with E-state index in [1.54, 1.807) is 0 Å². The van der Waals surface area contributed by atoms with Gasteiger partial charge in [0.2, 0.25) is 5.91 Å². The van der Waals surface area contributed by atoms with E-state index in [4.69, 9.17) is 0 Å². The average molecular weight is 374 g/mol. The second kappa shape index (κ2) is 6.89. The zero-order valence-corrected chi connectivity index (χ0v) is 15.0. The first kappa shape index (κ1) is 16.5. The average Bonchev–Trinajstić information content (AvgIpc) is 2.77. The summed E-state index contributed by atoms with van der Waals surface area (Å²) in [6, 6.07) is 1.92. The third kappa shape index (κ3) is 4.05. The number of halogens is 1. The second-order valence-corrected chi connectivity index (χ2v) is 7.85. The molecule has 0 unspecified atom stereocenters. The Hall–Kier alpha value is -0.920. The van der Waals surface area contributed by atoms with Gasteiger partial charge in [0.05, 0.1) is 15.2 Å². The number of amides is 2. The maximum atomic E-state index is 12.4. The van der Waals surface area contributed by atoms with Crippen LogP contribution in [0.25, 0.3) is 0 Å². The molecule has 1 aliphatic rings. The maximum Gasteiger partial charge on any atom is 0.264 e. The fourth-order valence-electron chi connectivity index (χ4n) is 2.25. The third-order valence-electron chi connectivity index (χ3n) is 3.44. The van der Waals surface area contributed by atoms with Crippen LogP contribution in [0.5, 0.6) is 0 Å². The highest BCUT2D eigenvalue weighted by molar-refractivity contribution is 9.11. The summed E-state index contributed by atoms with van der Waals surface area (Å²) in [6.07, 6.45) is 0. The summed E-state index contributed by atoms with van der Waals surface area (Å²) in [7, 11) is 3.77. The van der Waals surface area contributed by atoms with Crippen LogP contribution in [0, 0.1) is 6.92 Å². The minimum atomic E-state index is 0.0634. The molecule has 0 saturated carbocycles. The van der Waals surface area contributed by atoms with Gasteiger partial charge in [-0.15, -0.1) is 11.3 Å². The first-order valence-corrected chi connectivity index (χ1v) is 8.47. The number of thiophene rings is 1. The van der Waals surface area contributed by atoms with E-state index in [-0.39, 0.29) is 11.8 Å². The molecule has 1 aromatic heterocycles. The molecular weight excluding hydrogens is 354 g/mol. The number of rotatable bonds is 3. The predicted molar refractivity (Wildman–Crippen MR) is 87.8 cm³/mol. The molecule has 0 spiro atoms. The van der Waals surface area contributed by atoms with Gasteiger partial charge in [-0.1, -0.05) is 0 Å². The van der Waals surface area contributed by atoms with Crippen molar-refractivity contribution in [1.29, 1.82) is 0 Å². The number of piperazine rings is 1. The molecule has 2 rings (SSSR count). The van der Waals surface area contributed by atoms with E-state index in [1.165, 1.54) is 11.3 Å². The van der Waals surface area contributed by atoms with Crippen molar-refractivity contribution < 1.29 is 9.59 Å². The molecule has 0 aliphatic carbocycles. The molecule has 7 heteroatoms. The smallest absolute Gasteiger partial charge is 0.264 e. The van der Waals surface area contributed by atoms with E-state index in [0.717, 1.165) is 14.2 Å². The predicted octanol–water partition coefficient (Wildman–Crippen LogP) is 1.67. The van der Waals surface area contributed by atoms with Crippen molar-refractivity contribution in [1.82, 2.24) is 14.7 Å². The van der Waals surface area contributed by atoms with Crippen LogP contribution in [-0.2, 0) is 4.79 Å². The van der Waals surface area contributed by atoms with Gasteiger partial charge in [0.1, 0.15) is 0 Å². The number of hydrogen-bond acceptors (Lipinski definition) is 4. The van der Waals surface area contributed by atoms with Crippen LogP contribution in [0.3, 0.4) is 0 Å². The number of aryl methyl sites for hydroxylation is 1. The minimum absolute atomic E-state index is 0.0634. The Labute approximate surface area is 137 Å². The molecule has 1 aliphatic heterocycles. The fourth-order valence-corrected chi connectivity index (χ4v) is 3.75. The lowest BCUT2D eigenvalue weighted by molar-refractivity contribution is -0.133. The van der Waals surface area contributed by atoms with Crippen LogP contribution < -0.4 is 0 Å². The monoisotopic (exact) mass is 373 g/mol. The zero-order valence-electron chi connectivity index (χ0n) is 12.6. The van der Waals surface area contributed by atoms with Crippen molar-refractivity contribution in [2.45, 2.75) is 6.92 Å². The SMILES string of the molecule is Cc1cc(C(=O)N2CCN(C(=O)CN(C)C)CC2)sc1Br. The van der Waals surface area contributed by atoms with E-state index in [2.05, 4.69) is 15.9 Å². The highest BCUT2D eigenvalue weighted by atomic mass is 79.9. The lowest BCUT2D eigenvalue weighted by atomic mass is 10.2. The standard InChI is InChI=1S/C14H20BrN3O2S/c1-10-8-11(21-13(10)15)14(20)18-6-4-17(5-7-18)12(19)9-16(2)3/h8H,4-7,9H2,1-3H3. The molecule has 1 fully saturated rings. The van der Waals surface area contributed by atoms with E-state index in [1.807, 2.05) is 41.8 Å². The van der Waals surface area contributed by atoms with Crippen LogP contribution in [-0.4, -0.2) is 73.3 Å². The van der Waals surface area contributed by atoms with Crippen LogP contribution in [0.4, 0.5) is 0 Å². The van der Waals surface area contributed by atoms with Crippen LogP contribution in [0.2, 0.25) is 0 Å². The van der Waals surface area contributed by atoms with Gasteiger partial charge in [-0.3, -0.25) is 9.59 Å². The molecule has 1 saturated heterocycles. The number of carbonyl (C=O) groups is 2. The molecule has 0 bridgehead atoms. The number of likely N-dealkylation sites (N-methyl/N-ethyl adjacent to an activating group) is 1. The van der Waals surface area contributed by atoms with Crippen LogP contribution in [0.15, 0.2) is 9.85 Å². The first-order chi connectivity index (χ1) is 9.88. The summed E-state index contributed by atoms with van der Waals surface area (Å²) in [5, 5.41) is 0. The summed E-state index contributed by atoms with van der Waals surface area (Å²) in [4.78, 5) is 30.7. The molecule has 21 heavy (non-hydrogen) atoms. The lowest BCUT2D eigenvalue weighted by Crippen LogP contribution is -2.52. The summed E-state index contributed by atoms with van der Waals surface area (Å²) in [6.45, 7) is 4.84. The highest BCUT2D eigenvalue weighted by Gasteiger charge is 2.26. The number of carbonyl (C=O) groups excluding carboxylic acids is 2. The summed E-state index contributed by atoms with van der Waals surface area (Å²) in [5.41, 5.74) is 1.09. The number of hydrogen-bond donors (Lipinski definition) is 0. The van der Waals surface area contributed by atoms with Gasteiger partial charge in [-0.2, -0.15) is 0 Å². The Morgan fingerprint density at radius 1 is 1.24 bits per heavy atom. The Kier molecular flexibility index (Phi) is 5.40. The van der Waals surface area contributed by atoms with Gasteiger partial charge in [0.25, 0.3) is 5.91 Å². The molecule has 0 radical (unpaired) electrons. The third-order valence-corrected chi connectivity index (χ3v) is 5.56. The van der Waals surface area contributed by atoms with Gasteiger partial charge in [0.15, 0.2) is 0 Å². The van der Waals surface area contributed by atoms with Crippen LogP contribution >= 0.6 is 27.3 Å². The van der Waals surface area contributed by atoms with Gasteiger partial charge in [0, 0.05) is 26.2 Å². The highest BCUT2D eigenvalue weighted by Crippen LogP contribution is 2.28. The molecule has 0 aromatic carbocycles. The van der Waals surface area contributed by atoms with Gasteiger partial charge < -0.3 is 14.7 Å². The largest absolute Gasteiger partial charge is 0.338 e. The summed E-state index contributed by atoms with van der Waals surface area (Å²) >= 11 is 4.92. The van der Waals surface area contributed by atoms with Crippen molar-refractivity contribution in [3.05, 3.63) is 20.3 Å².